The number of alkyl halides is 3. The highest BCUT2D eigenvalue weighted by molar-refractivity contribution is 7.88. The molecule has 0 aliphatic heterocycles. The maximum absolute atomic E-state index is 12.7. The van der Waals surface area contributed by atoms with Crippen LogP contribution in [0, 0.1) is 0 Å². The van der Waals surface area contributed by atoms with Gasteiger partial charge in [-0.3, -0.25) is 0 Å². The van der Waals surface area contributed by atoms with Gasteiger partial charge in [-0.15, -0.1) is 0 Å². The van der Waals surface area contributed by atoms with Crippen molar-refractivity contribution in [3.8, 4) is 23.0 Å². The number of benzene rings is 2. The zero-order chi connectivity index (χ0) is 24.1. The molecule has 0 amide bonds. The fraction of sp³-hybridized carbons (Fsp3) is 0.429. The van der Waals surface area contributed by atoms with Crippen molar-refractivity contribution in [2.75, 3.05) is 28.1 Å². The van der Waals surface area contributed by atoms with Gasteiger partial charge >= 0.3 is 15.6 Å². The molecule has 0 N–H and O–H groups in total. The van der Waals surface area contributed by atoms with Gasteiger partial charge in [0.25, 0.3) is 0 Å². The molecule has 0 bridgehead atoms. The third kappa shape index (κ3) is 5.98. The van der Waals surface area contributed by atoms with Crippen molar-refractivity contribution in [1.29, 1.82) is 0 Å². The van der Waals surface area contributed by atoms with Crippen LogP contribution < -0.4 is 18.4 Å². The van der Waals surface area contributed by atoms with Gasteiger partial charge in [-0.25, -0.2) is 0 Å². The molecule has 0 aromatic heterocycles. The van der Waals surface area contributed by atoms with Crippen molar-refractivity contribution in [2.45, 2.75) is 31.7 Å². The normalized spacial score (nSPS) is 12.0. The van der Waals surface area contributed by atoms with Gasteiger partial charge in [0.05, 0.1) is 14.2 Å². The van der Waals surface area contributed by atoms with Crippen LogP contribution in [-0.2, 0) is 21.3 Å². The van der Waals surface area contributed by atoms with Gasteiger partial charge in [-0.1, -0.05) is 26.0 Å². The van der Waals surface area contributed by atoms with Gasteiger partial charge in [-0.05, 0) is 23.1 Å². The fourth-order valence-corrected chi connectivity index (χ4v) is 3.42. The highest BCUT2D eigenvalue weighted by atomic mass is 32.2. The van der Waals surface area contributed by atoms with Crippen molar-refractivity contribution in [1.82, 2.24) is 0 Å². The SMILES string of the molecule is COCOc1ccc(Cc2c(OC)cc(OS(=O)(=O)C(F)(F)F)cc2OC)cc1C(C)C. The first-order valence-electron chi connectivity index (χ1n) is 9.43. The summed E-state index contributed by atoms with van der Waals surface area (Å²) in [5.41, 5.74) is -3.26. The minimum atomic E-state index is -5.84. The average Bonchev–Trinajstić information content (AvgIpc) is 2.72. The summed E-state index contributed by atoms with van der Waals surface area (Å²) in [6.45, 7) is 4.11. The summed E-state index contributed by atoms with van der Waals surface area (Å²) in [4.78, 5) is 0. The first kappa shape index (κ1) is 25.6. The maximum Gasteiger partial charge on any atom is 0.534 e. The average molecular weight is 478 g/mol. The third-order valence-corrected chi connectivity index (χ3v) is 5.46. The molecule has 0 unspecified atom stereocenters. The van der Waals surface area contributed by atoms with E-state index in [0.29, 0.717) is 17.7 Å². The molecule has 0 saturated carbocycles. The molecule has 11 heteroatoms. The molecule has 0 fully saturated rings. The molecule has 32 heavy (non-hydrogen) atoms. The van der Waals surface area contributed by atoms with E-state index in [9.17, 15) is 21.6 Å². The Morgan fingerprint density at radius 3 is 2.00 bits per heavy atom. The summed E-state index contributed by atoms with van der Waals surface area (Å²) >= 11 is 0. The molecule has 0 aliphatic carbocycles. The van der Waals surface area contributed by atoms with Gasteiger partial charge in [0.2, 0.25) is 0 Å². The van der Waals surface area contributed by atoms with Gasteiger partial charge in [0.15, 0.2) is 6.79 Å². The van der Waals surface area contributed by atoms with Crippen LogP contribution >= 0.6 is 0 Å². The number of hydrogen-bond acceptors (Lipinski definition) is 7. The Hall–Kier alpha value is -2.66. The molecular formula is C21H25F3O7S. The van der Waals surface area contributed by atoms with Crippen LogP contribution in [0.2, 0.25) is 0 Å². The highest BCUT2D eigenvalue weighted by Gasteiger charge is 2.48. The lowest BCUT2D eigenvalue weighted by atomic mass is 9.96. The van der Waals surface area contributed by atoms with Crippen LogP contribution in [0.3, 0.4) is 0 Å². The van der Waals surface area contributed by atoms with Crippen LogP contribution in [0.25, 0.3) is 0 Å². The number of halogens is 3. The highest BCUT2D eigenvalue weighted by Crippen LogP contribution is 2.38. The minimum Gasteiger partial charge on any atom is -0.496 e. The Morgan fingerprint density at radius 1 is 0.938 bits per heavy atom. The Kier molecular flexibility index (Phi) is 8.24. The monoisotopic (exact) mass is 478 g/mol. The molecule has 0 aliphatic rings. The maximum atomic E-state index is 12.7. The molecule has 0 atom stereocenters. The topological polar surface area (TPSA) is 80.3 Å². The Balaban J connectivity index is 2.45. The molecule has 2 aromatic carbocycles. The summed E-state index contributed by atoms with van der Waals surface area (Å²) in [6, 6.07) is 7.71. The lowest BCUT2D eigenvalue weighted by Gasteiger charge is -2.18. The molecule has 2 rings (SSSR count). The predicted molar refractivity (Wildman–Crippen MR) is 111 cm³/mol. The summed E-state index contributed by atoms with van der Waals surface area (Å²) in [6.07, 6.45) is 0.295. The zero-order valence-corrected chi connectivity index (χ0v) is 19.1. The molecule has 178 valence electrons. The molecule has 0 spiro atoms. The van der Waals surface area contributed by atoms with E-state index in [4.69, 9.17) is 18.9 Å². The first-order chi connectivity index (χ1) is 14.9. The van der Waals surface area contributed by atoms with E-state index < -0.39 is 21.4 Å². The van der Waals surface area contributed by atoms with E-state index in [-0.39, 0.29) is 24.2 Å². The first-order valence-corrected chi connectivity index (χ1v) is 10.8. The van der Waals surface area contributed by atoms with Gasteiger partial charge < -0.3 is 23.1 Å². The quantitative estimate of drug-likeness (QED) is 0.280. The van der Waals surface area contributed by atoms with E-state index in [1.807, 2.05) is 26.0 Å². The van der Waals surface area contributed by atoms with Crippen LogP contribution in [0.1, 0.15) is 36.5 Å². The summed E-state index contributed by atoms with van der Waals surface area (Å²) < 4.78 is 86.0. The Morgan fingerprint density at radius 2 is 1.53 bits per heavy atom. The molecule has 0 heterocycles. The largest absolute Gasteiger partial charge is 0.534 e. The minimum absolute atomic E-state index is 0.100. The molecule has 0 radical (unpaired) electrons. The van der Waals surface area contributed by atoms with Crippen molar-refractivity contribution >= 4 is 10.1 Å². The predicted octanol–water partition coefficient (Wildman–Crippen LogP) is 4.63. The smallest absolute Gasteiger partial charge is 0.496 e. The van der Waals surface area contributed by atoms with Crippen LogP contribution in [0.5, 0.6) is 23.0 Å². The van der Waals surface area contributed by atoms with Crippen LogP contribution in [-0.4, -0.2) is 42.0 Å². The summed E-state index contributed by atoms with van der Waals surface area (Å²) in [5, 5.41) is 0. The van der Waals surface area contributed by atoms with E-state index in [1.54, 1.807) is 6.07 Å². The summed E-state index contributed by atoms with van der Waals surface area (Å²) in [5.74, 6) is 0.468. The Bertz CT molecular complexity index is 1010. The van der Waals surface area contributed by atoms with Gasteiger partial charge in [0.1, 0.15) is 23.0 Å². The van der Waals surface area contributed by atoms with E-state index in [0.717, 1.165) is 23.3 Å². The molecular weight excluding hydrogens is 453 g/mol. The van der Waals surface area contributed by atoms with Crippen molar-refractivity contribution in [3.63, 3.8) is 0 Å². The van der Waals surface area contributed by atoms with Crippen molar-refractivity contribution < 1.29 is 44.7 Å². The van der Waals surface area contributed by atoms with E-state index >= 15 is 0 Å². The van der Waals surface area contributed by atoms with Crippen LogP contribution in [0.4, 0.5) is 13.2 Å². The van der Waals surface area contributed by atoms with Crippen LogP contribution in [0.15, 0.2) is 30.3 Å². The zero-order valence-electron chi connectivity index (χ0n) is 18.3. The lowest BCUT2D eigenvalue weighted by molar-refractivity contribution is -0.0500. The van der Waals surface area contributed by atoms with Crippen molar-refractivity contribution in [3.05, 3.63) is 47.0 Å². The standard InChI is InChI=1S/C21H25F3O7S/c1-13(2)16-8-14(6-7-18(16)30-12-27-3)9-17-19(28-4)10-15(11-20(17)29-5)31-32(25,26)21(22,23)24/h6-8,10-11,13H,9,12H2,1-5H3. The second kappa shape index (κ2) is 10.3. The number of rotatable bonds is 10. The van der Waals surface area contributed by atoms with E-state index in [2.05, 4.69) is 4.18 Å². The van der Waals surface area contributed by atoms with Crippen molar-refractivity contribution in [2.24, 2.45) is 0 Å². The number of methoxy groups -OCH3 is 3. The fourth-order valence-electron chi connectivity index (χ4n) is 2.97. The number of ether oxygens (including phenoxy) is 4. The van der Waals surface area contributed by atoms with Gasteiger partial charge in [-0.2, -0.15) is 21.6 Å². The second-order valence-electron chi connectivity index (χ2n) is 7.04. The molecule has 7 nitrogen and oxygen atoms in total. The molecule has 0 saturated heterocycles. The number of hydrogen-bond donors (Lipinski definition) is 0. The third-order valence-electron chi connectivity index (χ3n) is 4.48. The van der Waals surface area contributed by atoms with E-state index in [1.165, 1.54) is 21.3 Å². The second-order valence-corrected chi connectivity index (χ2v) is 8.58. The summed E-state index contributed by atoms with van der Waals surface area (Å²) in [7, 11) is -1.70. The van der Waals surface area contributed by atoms with Gasteiger partial charge in [0, 0.05) is 31.2 Å². The Labute approximate surface area is 185 Å². The lowest BCUT2D eigenvalue weighted by Crippen LogP contribution is -2.28. The molecule has 2 aromatic rings.